The van der Waals surface area contributed by atoms with Crippen molar-refractivity contribution in [1.29, 1.82) is 0 Å². The Morgan fingerprint density at radius 1 is 1.19 bits per heavy atom. The number of halogens is 3. The summed E-state index contributed by atoms with van der Waals surface area (Å²) < 4.78 is 14.1. The fraction of sp³-hybridized carbons (Fsp3) is 0.538. The van der Waals surface area contributed by atoms with E-state index in [0.717, 1.165) is 16.5 Å². The highest BCUT2D eigenvalue weighted by Crippen LogP contribution is 2.27. The molecule has 3 heteroatoms. The van der Waals surface area contributed by atoms with Gasteiger partial charge < -0.3 is 0 Å². The summed E-state index contributed by atoms with van der Waals surface area (Å²) in [5.41, 5.74) is 1.05. The topological polar surface area (TPSA) is 0 Å². The lowest BCUT2D eigenvalue weighted by molar-refractivity contribution is 0.383. The molecule has 16 heavy (non-hydrogen) atoms. The molecule has 0 saturated carbocycles. The molecule has 1 rings (SSSR count). The summed E-state index contributed by atoms with van der Waals surface area (Å²) in [6, 6.07) is 5.11. The highest BCUT2D eigenvalue weighted by molar-refractivity contribution is 9.10. The first kappa shape index (κ1) is 14.2. The van der Waals surface area contributed by atoms with Crippen molar-refractivity contribution in [2.45, 2.75) is 32.0 Å². The Bertz CT molecular complexity index is 320. The second-order valence-corrected chi connectivity index (χ2v) is 6.93. The van der Waals surface area contributed by atoms with Gasteiger partial charge in [-0.1, -0.05) is 52.6 Å². The van der Waals surface area contributed by atoms with E-state index in [0.29, 0.717) is 16.7 Å². The van der Waals surface area contributed by atoms with E-state index in [1.54, 1.807) is 6.07 Å². The maximum atomic E-state index is 13.2. The van der Waals surface area contributed by atoms with E-state index in [1.807, 2.05) is 6.07 Å². The van der Waals surface area contributed by atoms with Crippen LogP contribution in [0.25, 0.3) is 0 Å². The van der Waals surface area contributed by atoms with Crippen LogP contribution in [-0.4, -0.2) is 4.83 Å². The molecular weight excluding hydrogens is 335 g/mol. The number of benzene rings is 1. The Hall–Kier alpha value is 0.110. The molecule has 0 aromatic heterocycles. The fourth-order valence-electron chi connectivity index (χ4n) is 1.93. The molecule has 0 aliphatic rings. The average Bonchev–Trinajstić information content (AvgIpc) is 2.11. The fourth-order valence-corrected chi connectivity index (χ4v) is 3.24. The van der Waals surface area contributed by atoms with Gasteiger partial charge in [-0.25, -0.2) is 4.39 Å². The van der Waals surface area contributed by atoms with Gasteiger partial charge in [0.05, 0.1) is 0 Å². The van der Waals surface area contributed by atoms with Crippen molar-refractivity contribution in [1.82, 2.24) is 0 Å². The monoisotopic (exact) mass is 350 g/mol. The number of alkyl halides is 1. The molecule has 0 fully saturated rings. The zero-order valence-corrected chi connectivity index (χ0v) is 13.0. The number of hydrogen-bond acceptors (Lipinski definition) is 0. The lowest BCUT2D eigenvalue weighted by Crippen LogP contribution is -2.20. The highest BCUT2D eigenvalue weighted by atomic mass is 79.9. The molecule has 0 spiro atoms. The Morgan fingerprint density at radius 3 is 2.25 bits per heavy atom. The molecule has 0 aliphatic heterocycles. The predicted molar refractivity (Wildman–Crippen MR) is 74.5 cm³/mol. The van der Waals surface area contributed by atoms with E-state index < -0.39 is 0 Å². The summed E-state index contributed by atoms with van der Waals surface area (Å²) in [4.78, 5) is 0.439. The van der Waals surface area contributed by atoms with Gasteiger partial charge in [0.25, 0.3) is 0 Å². The number of rotatable bonds is 4. The van der Waals surface area contributed by atoms with Crippen molar-refractivity contribution in [3.63, 3.8) is 0 Å². The molecule has 1 aromatic carbocycles. The minimum atomic E-state index is -0.172. The van der Waals surface area contributed by atoms with Gasteiger partial charge in [0, 0.05) is 9.30 Å². The van der Waals surface area contributed by atoms with Crippen LogP contribution in [0.1, 0.15) is 26.3 Å². The van der Waals surface area contributed by atoms with Gasteiger partial charge in [-0.15, -0.1) is 0 Å². The van der Waals surface area contributed by atoms with E-state index >= 15 is 0 Å². The minimum Gasteiger partial charge on any atom is -0.207 e. The van der Waals surface area contributed by atoms with Gasteiger partial charge in [-0.2, -0.15) is 0 Å². The Kier molecular flexibility index (Phi) is 5.45. The summed E-state index contributed by atoms with van der Waals surface area (Å²) >= 11 is 6.96. The molecule has 0 saturated heterocycles. The zero-order chi connectivity index (χ0) is 12.3. The molecule has 0 heterocycles. The van der Waals surface area contributed by atoms with Crippen LogP contribution in [0.4, 0.5) is 4.39 Å². The van der Waals surface area contributed by atoms with Gasteiger partial charge in [0.1, 0.15) is 5.82 Å². The molecule has 2 unspecified atom stereocenters. The summed E-state index contributed by atoms with van der Waals surface area (Å²) in [5.74, 6) is 0.930. The lowest BCUT2D eigenvalue weighted by atomic mass is 9.87. The molecule has 90 valence electrons. The lowest BCUT2D eigenvalue weighted by Gasteiger charge is -2.23. The first-order chi connectivity index (χ1) is 7.40. The van der Waals surface area contributed by atoms with Crippen molar-refractivity contribution < 1.29 is 4.39 Å². The van der Waals surface area contributed by atoms with Crippen molar-refractivity contribution >= 4 is 31.9 Å². The van der Waals surface area contributed by atoms with Crippen LogP contribution in [0.5, 0.6) is 0 Å². The molecule has 0 N–H and O–H groups in total. The SMILES string of the molecule is CC(C)C(Cc1cc(F)cc(Br)c1)C(C)Br. The third kappa shape index (κ3) is 4.17. The van der Waals surface area contributed by atoms with Crippen LogP contribution in [0.3, 0.4) is 0 Å². The largest absolute Gasteiger partial charge is 0.207 e. The molecule has 0 nitrogen and oxygen atoms in total. The molecule has 1 aromatic rings. The van der Waals surface area contributed by atoms with Gasteiger partial charge >= 0.3 is 0 Å². The van der Waals surface area contributed by atoms with Crippen LogP contribution in [-0.2, 0) is 6.42 Å². The molecule has 0 amide bonds. The Balaban J connectivity index is 2.85. The average molecular weight is 352 g/mol. The summed E-state index contributed by atoms with van der Waals surface area (Å²) in [6.45, 7) is 6.56. The molecule has 0 bridgehead atoms. The molecule has 0 aliphatic carbocycles. The standard InChI is InChI=1S/C13H17Br2F/c1-8(2)13(9(3)14)6-10-4-11(15)7-12(16)5-10/h4-5,7-9,13H,6H2,1-3H3. The van der Waals surface area contributed by atoms with Crippen molar-refractivity contribution in [3.05, 3.63) is 34.1 Å². The van der Waals surface area contributed by atoms with Crippen LogP contribution < -0.4 is 0 Å². The summed E-state index contributed by atoms with van der Waals surface area (Å²) in [6.07, 6.45) is 0.903. The third-order valence-corrected chi connectivity index (χ3v) is 3.98. The first-order valence-corrected chi connectivity index (χ1v) is 7.20. The second-order valence-electron chi connectivity index (χ2n) is 4.57. The van der Waals surface area contributed by atoms with Crippen LogP contribution >= 0.6 is 31.9 Å². The Morgan fingerprint density at radius 2 is 1.81 bits per heavy atom. The van der Waals surface area contributed by atoms with E-state index in [4.69, 9.17) is 0 Å². The maximum absolute atomic E-state index is 13.2. The van der Waals surface area contributed by atoms with Gasteiger partial charge in [0.2, 0.25) is 0 Å². The Labute approximate surface area is 114 Å². The quantitative estimate of drug-likeness (QED) is 0.655. The molecule has 2 atom stereocenters. The smallest absolute Gasteiger partial charge is 0.124 e. The summed E-state index contributed by atoms with van der Waals surface area (Å²) in [7, 11) is 0. The highest BCUT2D eigenvalue weighted by Gasteiger charge is 2.19. The van der Waals surface area contributed by atoms with Crippen molar-refractivity contribution in [3.8, 4) is 0 Å². The maximum Gasteiger partial charge on any atom is 0.124 e. The van der Waals surface area contributed by atoms with Gasteiger partial charge in [-0.05, 0) is 42.0 Å². The van der Waals surface area contributed by atoms with Crippen molar-refractivity contribution in [2.75, 3.05) is 0 Å². The van der Waals surface area contributed by atoms with E-state index in [-0.39, 0.29) is 5.82 Å². The first-order valence-electron chi connectivity index (χ1n) is 5.49. The second kappa shape index (κ2) is 6.15. The van der Waals surface area contributed by atoms with E-state index in [1.165, 1.54) is 6.07 Å². The van der Waals surface area contributed by atoms with E-state index in [9.17, 15) is 4.39 Å². The zero-order valence-electron chi connectivity index (χ0n) is 9.81. The molecule has 0 radical (unpaired) electrons. The van der Waals surface area contributed by atoms with Crippen LogP contribution in [0.15, 0.2) is 22.7 Å². The normalized spacial score (nSPS) is 15.2. The van der Waals surface area contributed by atoms with Gasteiger partial charge in [0.15, 0.2) is 0 Å². The van der Waals surface area contributed by atoms with Gasteiger partial charge in [-0.3, -0.25) is 0 Å². The third-order valence-electron chi connectivity index (χ3n) is 2.84. The van der Waals surface area contributed by atoms with E-state index in [2.05, 4.69) is 52.6 Å². The predicted octanol–water partition coefficient (Wildman–Crippen LogP) is 5.19. The van der Waals surface area contributed by atoms with Crippen LogP contribution in [0, 0.1) is 17.7 Å². The minimum absolute atomic E-state index is 0.172. The summed E-state index contributed by atoms with van der Waals surface area (Å²) in [5, 5.41) is 0. The number of hydrogen-bond donors (Lipinski definition) is 0. The van der Waals surface area contributed by atoms with Crippen LogP contribution in [0.2, 0.25) is 0 Å². The van der Waals surface area contributed by atoms with Crippen molar-refractivity contribution in [2.24, 2.45) is 11.8 Å². The molecular formula is C13H17Br2F.